The molecule has 0 radical (unpaired) electrons. The summed E-state index contributed by atoms with van der Waals surface area (Å²) in [6, 6.07) is 29.4. The summed E-state index contributed by atoms with van der Waals surface area (Å²) in [5.41, 5.74) is 3.66. The largest absolute Gasteiger partial charge is 0.422 e. The van der Waals surface area contributed by atoms with Crippen LogP contribution in [0.3, 0.4) is 0 Å². The number of fused-ring (bicyclic) bond motifs is 3. The van der Waals surface area contributed by atoms with Gasteiger partial charge < -0.3 is 9.73 Å². The highest BCUT2D eigenvalue weighted by Crippen LogP contribution is 2.25. The van der Waals surface area contributed by atoms with Gasteiger partial charge in [-0.15, -0.1) is 0 Å². The Morgan fingerprint density at radius 1 is 0.917 bits per heavy atom. The highest BCUT2D eigenvalue weighted by Gasteiger charge is 2.16. The molecular weight excluding hydrogens is 450 g/mol. The van der Waals surface area contributed by atoms with Gasteiger partial charge in [0.15, 0.2) is 0 Å². The number of aryl methyl sites for hydroxylation is 1. The molecule has 0 bridgehead atoms. The van der Waals surface area contributed by atoms with E-state index in [0.717, 1.165) is 23.9 Å². The molecule has 2 heterocycles. The quantitative estimate of drug-likeness (QED) is 0.241. The molecule has 5 rings (SSSR count). The SMILES string of the molecule is Cc1cc(NC(=O)CN(CCc2ccccc2)Cc2ccccc2)nc2c1c(=O)oc1ccccc12. The number of hydrogen-bond donors (Lipinski definition) is 1. The van der Waals surface area contributed by atoms with Gasteiger partial charge in [-0.25, -0.2) is 9.78 Å². The van der Waals surface area contributed by atoms with Gasteiger partial charge in [-0.1, -0.05) is 72.8 Å². The average Bonchev–Trinajstić information content (AvgIpc) is 2.88. The molecule has 0 aliphatic rings. The fraction of sp³-hybridized carbons (Fsp3) is 0.167. The molecule has 1 amide bonds. The molecule has 0 aliphatic heterocycles. The highest BCUT2D eigenvalue weighted by molar-refractivity contribution is 6.04. The number of hydrogen-bond acceptors (Lipinski definition) is 5. The third kappa shape index (κ3) is 5.34. The molecule has 180 valence electrons. The summed E-state index contributed by atoms with van der Waals surface area (Å²) in [5, 5.41) is 4.12. The van der Waals surface area contributed by atoms with Crippen molar-refractivity contribution >= 4 is 33.6 Å². The molecule has 0 atom stereocenters. The van der Waals surface area contributed by atoms with Gasteiger partial charge in [-0.3, -0.25) is 9.69 Å². The van der Waals surface area contributed by atoms with E-state index in [0.29, 0.717) is 34.4 Å². The maximum absolute atomic E-state index is 13.1. The summed E-state index contributed by atoms with van der Waals surface area (Å²) in [7, 11) is 0. The second-order valence-electron chi connectivity index (χ2n) is 8.91. The highest BCUT2D eigenvalue weighted by atomic mass is 16.4. The van der Waals surface area contributed by atoms with Crippen molar-refractivity contribution in [2.75, 3.05) is 18.4 Å². The Labute approximate surface area is 209 Å². The van der Waals surface area contributed by atoms with Crippen LogP contribution in [0, 0.1) is 6.92 Å². The first-order valence-corrected chi connectivity index (χ1v) is 12.0. The summed E-state index contributed by atoms with van der Waals surface area (Å²) in [6.07, 6.45) is 0.843. The normalized spacial score (nSPS) is 11.3. The Morgan fingerprint density at radius 2 is 1.58 bits per heavy atom. The number of amides is 1. The molecule has 0 spiro atoms. The summed E-state index contributed by atoms with van der Waals surface area (Å²) < 4.78 is 5.46. The third-order valence-electron chi connectivity index (χ3n) is 6.21. The monoisotopic (exact) mass is 477 g/mol. The smallest absolute Gasteiger partial charge is 0.346 e. The molecule has 0 aliphatic carbocycles. The number of rotatable bonds is 8. The van der Waals surface area contributed by atoms with Crippen molar-refractivity contribution in [3.8, 4) is 0 Å². The number of aromatic nitrogens is 1. The van der Waals surface area contributed by atoms with Crippen LogP contribution in [0.15, 0.2) is 100 Å². The van der Waals surface area contributed by atoms with Crippen molar-refractivity contribution in [1.82, 2.24) is 9.88 Å². The Kier molecular flexibility index (Phi) is 6.87. The summed E-state index contributed by atoms with van der Waals surface area (Å²) in [6.45, 7) is 3.45. The summed E-state index contributed by atoms with van der Waals surface area (Å²) in [4.78, 5) is 32.5. The number of carbonyl (C=O) groups is 1. The zero-order chi connectivity index (χ0) is 24.9. The summed E-state index contributed by atoms with van der Waals surface area (Å²) in [5.74, 6) is 0.265. The maximum atomic E-state index is 13.1. The number of nitrogens with one attached hydrogen (secondary N) is 1. The lowest BCUT2D eigenvalue weighted by atomic mass is 10.1. The van der Waals surface area contributed by atoms with Gasteiger partial charge in [0.05, 0.1) is 17.4 Å². The van der Waals surface area contributed by atoms with Gasteiger partial charge in [-0.05, 0) is 48.2 Å². The lowest BCUT2D eigenvalue weighted by molar-refractivity contribution is -0.117. The minimum Gasteiger partial charge on any atom is -0.422 e. The van der Waals surface area contributed by atoms with Crippen molar-refractivity contribution in [2.45, 2.75) is 19.9 Å². The zero-order valence-corrected chi connectivity index (χ0v) is 20.1. The molecular formula is C30H27N3O3. The van der Waals surface area contributed by atoms with Crippen molar-refractivity contribution in [1.29, 1.82) is 0 Å². The van der Waals surface area contributed by atoms with E-state index in [-0.39, 0.29) is 12.5 Å². The molecule has 6 nitrogen and oxygen atoms in total. The number of anilines is 1. The molecule has 36 heavy (non-hydrogen) atoms. The van der Waals surface area contributed by atoms with Crippen LogP contribution in [0.25, 0.3) is 21.9 Å². The van der Waals surface area contributed by atoms with Gasteiger partial charge >= 0.3 is 5.63 Å². The summed E-state index contributed by atoms with van der Waals surface area (Å²) >= 11 is 0. The van der Waals surface area contributed by atoms with E-state index in [4.69, 9.17) is 4.42 Å². The Hall–Kier alpha value is -4.29. The zero-order valence-electron chi connectivity index (χ0n) is 20.1. The van der Waals surface area contributed by atoms with Crippen LogP contribution in [0.2, 0.25) is 0 Å². The molecule has 6 heteroatoms. The molecule has 0 saturated carbocycles. The van der Waals surface area contributed by atoms with E-state index in [2.05, 4.69) is 39.5 Å². The van der Waals surface area contributed by atoms with E-state index < -0.39 is 5.63 Å². The van der Waals surface area contributed by atoms with Crippen molar-refractivity contribution in [3.63, 3.8) is 0 Å². The predicted octanol–water partition coefficient (Wildman–Crippen LogP) is 5.33. The van der Waals surface area contributed by atoms with E-state index in [1.54, 1.807) is 12.1 Å². The Morgan fingerprint density at radius 3 is 2.33 bits per heavy atom. The van der Waals surface area contributed by atoms with Gasteiger partial charge in [-0.2, -0.15) is 0 Å². The molecule has 0 saturated heterocycles. The number of benzene rings is 3. The number of para-hydroxylation sites is 1. The minimum atomic E-state index is -0.429. The van der Waals surface area contributed by atoms with Crippen molar-refractivity contribution in [2.24, 2.45) is 0 Å². The fourth-order valence-electron chi connectivity index (χ4n) is 4.46. The standard InChI is InChI=1S/C30H27N3O3/c1-21-18-26(32-29-24-14-8-9-15-25(24)36-30(35)28(21)29)31-27(34)20-33(19-23-12-6-3-7-13-23)17-16-22-10-4-2-5-11-22/h2-15,18H,16-17,19-20H2,1H3,(H,31,32,34). The first-order valence-electron chi connectivity index (χ1n) is 12.0. The fourth-order valence-corrected chi connectivity index (χ4v) is 4.46. The van der Waals surface area contributed by atoms with E-state index in [9.17, 15) is 9.59 Å². The van der Waals surface area contributed by atoms with E-state index in [1.807, 2.05) is 61.5 Å². The first-order chi connectivity index (χ1) is 17.6. The maximum Gasteiger partial charge on any atom is 0.346 e. The first kappa shape index (κ1) is 23.5. The average molecular weight is 478 g/mol. The van der Waals surface area contributed by atoms with Crippen molar-refractivity contribution in [3.05, 3.63) is 118 Å². The number of nitrogens with zero attached hydrogens (tertiary/aromatic N) is 2. The molecule has 2 aromatic heterocycles. The van der Waals surface area contributed by atoms with Gasteiger partial charge in [0.25, 0.3) is 0 Å². The van der Waals surface area contributed by atoms with Crippen LogP contribution in [-0.2, 0) is 17.8 Å². The van der Waals surface area contributed by atoms with Crippen LogP contribution >= 0.6 is 0 Å². The molecule has 0 fully saturated rings. The number of carbonyl (C=O) groups excluding carboxylic acids is 1. The van der Waals surface area contributed by atoms with Gasteiger partial charge in [0, 0.05) is 18.5 Å². The third-order valence-corrected chi connectivity index (χ3v) is 6.21. The second-order valence-corrected chi connectivity index (χ2v) is 8.91. The van der Waals surface area contributed by atoms with Gasteiger partial charge in [0.2, 0.25) is 5.91 Å². The molecule has 5 aromatic rings. The Balaban J connectivity index is 1.37. The van der Waals surface area contributed by atoms with Crippen LogP contribution in [-0.4, -0.2) is 28.9 Å². The lowest BCUT2D eigenvalue weighted by Crippen LogP contribution is -2.34. The van der Waals surface area contributed by atoms with Crippen LogP contribution in [0.4, 0.5) is 5.82 Å². The second kappa shape index (κ2) is 10.5. The van der Waals surface area contributed by atoms with E-state index in [1.165, 1.54) is 5.56 Å². The topological polar surface area (TPSA) is 75.4 Å². The van der Waals surface area contributed by atoms with Crippen LogP contribution in [0.1, 0.15) is 16.7 Å². The van der Waals surface area contributed by atoms with Crippen LogP contribution in [0.5, 0.6) is 0 Å². The molecule has 1 N–H and O–H groups in total. The Bertz CT molecular complexity index is 1560. The molecule has 0 unspecified atom stereocenters. The lowest BCUT2D eigenvalue weighted by Gasteiger charge is -2.22. The number of pyridine rings is 1. The molecule has 3 aromatic carbocycles. The van der Waals surface area contributed by atoms with Crippen LogP contribution < -0.4 is 10.9 Å². The van der Waals surface area contributed by atoms with Crippen molar-refractivity contribution < 1.29 is 9.21 Å². The van der Waals surface area contributed by atoms with Gasteiger partial charge in [0.1, 0.15) is 11.4 Å². The predicted molar refractivity (Wildman–Crippen MR) is 143 cm³/mol. The minimum absolute atomic E-state index is 0.155. The van der Waals surface area contributed by atoms with E-state index >= 15 is 0 Å².